The van der Waals surface area contributed by atoms with E-state index in [1.165, 1.54) is 6.07 Å². The summed E-state index contributed by atoms with van der Waals surface area (Å²) >= 11 is 5.51. The highest BCUT2D eigenvalue weighted by molar-refractivity contribution is 6.18. The predicted molar refractivity (Wildman–Crippen MR) is 78.2 cm³/mol. The maximum Gasteiger partial charge on any atom is 0.142 e. The molecule has 0 N–H and O–H groups in total. The molecular formula is C16H20ClFO. The fourth-order valence-corrected chi connectivity index (χ4v) is 1.46. The third kappa shape index (κ3) is 6.50. The molecule has 0 fully saturated rings. The molecule has 0 saturated carbocycles. The van der Waals surface area contributed by atoms with E-state index in [1.807, 2.05) is 0 Å². The van der Waals surface area contributed by atoms with Crippen LogP contribution in [-0.4, -0.2) is 12.5 Å². The van der Waals surface area contributed by atoms with Gasteiger partial charge in [0.1, 0.15) is 11.6 Å². The highest BCUT2D eigenvalue weighted by Crippen LogP contribution is 2.20. The van der Waals surface area contributed by atoms with Crippen LogP contribution in [0.4, 0.5) is 4.39 Å². The van der Waals surface area contributed by atoms with Crippen molar-refractivity contribution in [3.63, 3.8) is 0 Å². The lowest BCUT2D eigenvalue weighted by Crippen LogP contribution is -2.11. The van der Waals surface area contributed by atoms with Crippen molar-refractivity contribution in [3.05, 3.63) is 29.6 Å². The Morgan fingerprint density at radius 2 is 2.05 bits per heavy atom. The topological polar surface area (TPSA) is 9.23 Å². The van der Waals surface area contributed by atoms with E-state index in [9.17, 15) is 4.39 Å². The van der Waals surface area contributed by atoms with Gasteiger partial charge in [0.2, 0.25) is 0 Å². The van der Waals surface area contributed by atoms with Crippen LogP contribution < -0.4 is 4.74 Å². The molecule has 0 spiro atoms. The third-order valence-electron chi connectivity index (χ3n) is 2.50. The minimum absolute atomic E-state index is 0.214. The Kier molecular flexibility index (Phi) is 6.18. The second-order valence-corrected chi connectivity index (χ2v) is 5.92. The van der Waals surface area contributed by atoms with Crippen molar-refractivity contribution < 1.29 is 9.13 Å². The van der Waals surface area contributed by atoms with E-state index in [4.69, 9.17) is 16.3 Å². The lowest BCUT2D eigenvalue weighted by Gasteiger charge is -2.18. The number of rotatable bonds is 4. The van der Waals surface area contributed by atoms with Crippen molar-refractivity contribution >= 4 is 11.6 Å². The van der Waals surface area contributed by atoms with E-state index in [0.29, 0.717) is 30.2 Å². The van der Waals surface area contributed by atoms with E-state index in [0.717, 1.165) is 6.42 Å². The highest BCUT2D eigenvalue weighted by atomic mass is 35.5. The van der Waals surface area contributed by atoms with Gasteiger partial charge < -0.3 is 4.74 Å². The normalized spacial score (nSPS) is 10.8. The maximum absolute atomic E-state index is 13.7. The minimum atomic E-state index is -0.352. The largest absolute Gasteiger partial charge is 0.493 e. The zero-order valence-electron chi connectivity index (χ0n) is 11.7. The number of ether oxygens (including phenoxy) is 1. The van der Waals surface area contributed by atoms with Crippen LogP contribution >= 0.6 is 11.6 Å². The molecule has 0 unspecified atom stereocenters. The molecule has 0 aliphatic rings. The average molecular weight is 283 g/mol. The quantitative estimate of drug-likeness (QED) is 0.578. The first-order chi connectivity index (χ1) is 8.92. The minimum Gasteiger partial charge on any atom is -0.493 e. The summed E-state index contributed by atoms with van der Waals surface area (Å²) in [6, 6.07) is 4.77. The van der Waals surface area contributed by atoms with E-state index in [2.05, 4.69) is 32.6 Å². The van der Waals surface area contributed by atoms with Crippen molar-refractivity contribution in [2.75, 3.05) is 12.5 Å². The molecule has 0 aromatic heterocycles. The van der Waals surface area contributed by atoms with Crippen molar-refractivity contribution in [3.8, 4) is 17.6 Å². The van der Waals surface area contributed by atoms with Crippen molar-refractivity contribution in [2.24, 2.45) is 5.41 Å². The molecule has 0 aliphatic heterocycles. The summed E-state index contributed by atoms with van der Waals surface area (Å²) in [5.74, 6) is 6.22. The molecule has 0 aliphatic carbocycles. The van der Waals surface area contributed by atoms with E-state index < -0.39 is 0 Å². The van der Waals surface area contributed by atoms with Crippen LogP contribution in [0.3, 0.4) is 0 Å². The molecule has 0 radical (unpaired) electrons. The molecule has 104 valence electrons. The molecule has 19 heavy (non-hydrogen) atoms. The van der Waals surface area contributed by atoms with Crippen LogP contribution in [-0.2, 0) is 0 Å². The van der Waals surface area contributed by atoms with E-state index >= 15 is 0 Å². The number of alkyl halides is 1. The second-order valence-electron chi connectivity index (χ2n) is 5.54. The van der Waals surface area contributed by atoms with E-state index in [-0.39, 0.29) is 11.2 Å². The molecule has 0 heterocycles. The van der Waals surface area contributed by atoms with Crippen molar-refractivity contribution in [1.29, 1.82) is 0 Å². The number of halogens is 2. The summed E-state index contributed by atoms with van der Waals surface area (Å²) in [5, 5.41) is 0. The van der Waals surface area contributed by atoms with Crippen LogP contribution in [0.5, 0.6) is 5.75 Å². The van der Waals surface area contributed by atoms with Gasteiger partial charge in [-0.3, -0.25) is 0 Å². The van der Waals surface area contributed by atoms with Crippen LogP contribution in [0, 0.1) is 23.1 Å². The Morgan fingerprint density at radius 1 is 1.32 bits per heavy atom. The standard InChI is InChI=1S/C16H20ClFO/c1-16(2,3)9-11-19-14-8-7-13(15(18)12-14)6-4-5-10-17/h7-8,12H,5,9-11H2,1-3H3. The zero-order chi connectivity index (χ0) is 14.3. The molecular weight excluding hydrogens is 263 g/mol. The lowest BCUT2D eigenvalue weighted by molar-refractivity contribution is 0.242. The monoisotopic (exact) mass is 282 g/mol. The van der Waals surface area contributed by atoms with Crippen LogP contribution in [0.25, 0.3) is 0 Å². The first kappa shape index (κ1) is 15.9. The summed E-state index contributed by atoms with van der Waals surface area (Å²) in [7, 11) is 0. The Balaban J connectivity index is 2.60. The van der Waals surface area contributed by atoms with Gasteiger partial charge in [-0.1, -0.05) is 32.6 Å². The van der Waals surface area contributed by atoms with Gasteiger partial charge in [-0.15, -0.1) is 11.6 Å². The van der Waals surface area contributed by atoms with Gasteiger partial charge in [-0.25, -0.2) is 4.39 Å². The van der Waals surface area contributed by atoms with Crippen LogP contribution in [0.2, 0.25) is 0 Å². The molecule has 0 saturated heterocycles. The summed E-state index contributed by atoms with van der Waals surface area (Å²) < 4.78 is 19.3. The van der Waals surface area contributed by atoms with Gasteiger partial charge in [0.25, 0.3) is 0 Å². The third-order valence-corrected chi connectivity index (χ3v) is 2.69. The summed E-state index contributed by atoms with van der Waals surface area (Å²) in [6.45, 7) is 7.02. The summed E-state index contributed by atoms with van der Waals surface area (Å²) in [5.41, 5.74) is 0.596. The highest BCUT2D eigenvalue weighted by Gasteiger charge is 2.10. The predicted octanol–water partition coefficient (Wildman–Crippen LogP) is 4.62. The number of benzene rings is 1. The van der Waals surface area contributed by atoms with E-state index in [1.54, 1.807) is 12.1 Å². The molecule has 0 amide bonds. The fraction of sp³-hybridized carbons (Fsp3) is 0.500. The van der Waals surface area contributed by atoms with Gasteiger partial charge in [-0.2, -0.15) is 0 Å². The molecule has 3 heteroatoms. The van der Waals surface area contributed by atoms with Gasteiger partial charge >= 0.3 is 0 Å². The van der Waals surface area contributed by atoms with Gasteiger partial charge in [-0.05, 0) is 24.0 Å². The molecule has 0 bridgehead atoms. The van der Waals surface area contributed by atoms with Gasteiger partial charge in [0.15, 0.2) is 0 Å². The molecule has 1 nitrogen and oxygen atoms in total. The Labute approximate surface area is 120 Å². The Morgan fingerprint density at radius 3 is 2.63 bits per heavy atom. The molecule has 1 aromatic carbocycles. The average Bonchev–Trinajstić information content (AvgIpc) is 2.30. The second kappa shape index (κ2) is 7.40. The number of hydrogen-bond donors (Lipinski definition) is 0. The van der Waals surface area contributed by atoms with Crippen molar-refractivity contribution in [1.82, 2.24) is 0 Å². The van der Waals surface area contributed by atoms with Gasteiger partial charge in [0.05, 0.1) is 12.2 Å². The molecule has 0 atom stereocenters. The zero-order valence-corrected chi connectivity index (χ0v) is 12.5. The molecule has 1 rings (SSSR count). The SMILES string of the molecule is CC(C)(C)CCOc1ccc(C#CCCCl)c(F)c1. The Bertz CT molecular complexity index is 466. The molecule has 1 aromatic rings. The smallest absolute Gasteiger partial charge is 0.142 e. The Hall–Kier alpha value is -1.20. The first-order valence-electron chi connectivity index (χ1n) is 6.39. The van der Waals surface area contributed by atoms with Crippen LogP contribution in [0.15, 0.2) is 18.2 Å². The summed E-state index contributed by atoms with van der Waals surface area (Å²) in [6.07, 6.45) is 1.48. The van der Waals surface area contributed by atoms with Gasteiger partial charge in [0, 0.05) is 18.4 Å². The fourth-order valence-electron chi connectivity index (χ4n) is 1.37. The summed E-state index contributed by atoms with van der Waals surface area (Å²) in [4.78, 5) is 0. The first-order valence-corrected chi connectivity index (χ1v) is 6.93. The maximum atomic E-state index is 13.7. The van der Waals surface area contributed by atoms with Crippen LogP contribution in [0.1, 0.15) is 39.2 Å². The number of hydrogen-bond acceptors (Lipinski definition) is 1. The lowest BCUT2D eigenvalue weighted by atomic mass is 9.93. The van der Waals surface area contributed by atoms with Crippen molar-refractivity contribution in [2.45, 2.75) is 33.6 Å².